The van der Waals surface area contributed by atoms with Crippen molar-refractivity contribution >= 4 is 5.78 Å². The van der Waals surface area contributed by atoms with Crippen LogP contribution in [0.25, 0.3) is 0 Å². The summed E-state index contributed by atoms with van der Waals surface area (Å²) in [7, 11) is 1.50. The van der Waals surface area contributed by atoms with E-state index in [0.717, 1.165) is 12.8 Å². The molecule has 2 rings (SSSR count). The lowest BCUT2D eigenvalue weighted by Gasteiger charge is -2.11. The lowest BCUT2D eigenvalue weighted by atomic mass is 10.0. The number of ketones is 1. The molecule has 5 heteroatoms. The van der Waals surface area contributed by atoms with Gasteiger partial charge in [-0.2, -0.15) is 0 Å². The molecule has 1 aliphatic heterocycles. The van der Waals surface area contributed by atoms with Gasteiger partial charge in [-0.25, -0.2) is 0 Å². The van der Waals surface area contributed by atoms with Crippen LogP contribution < -0.4 is 4.74 Å². The largest absolute Gasteiger partial charge is 0.501 e. The average molecular weight is 220 g/mol. The lowest BCUT2D eigenvalue weighted by molar-refractivity contribution is 0.100. The first-order chi connectivity index (χ1) is 7.81. The average Bonchev–Trinajstić information content (AvgIpc) is 2.39. The minimum atomic E-state index is -0.130. The van der Waals surface area contributed by atoms with Gasteiger partial charge in [-0.05, 0) is 18.9 Å². The van der Waals surface area contributed by atoms with Crippen molar-refractivity contribution in [2.24, 2.45) is 0 Å². The summed E-state index contributed by atoms with van der Waals surface area (Å²) in [6, 6.07) is 3.22. The van der Waals surface area contributed by atoms with Crippen LogP contribution in [0.3, 0.4) is 0 Å². The first-order valence-electron chi connectivity index (χ1n) is 5.04. The number of aromatic nitrogens is 2. The Balaban J connectivity index is 2.16. The summed E-state index contributed by atoms with van der Waals surface area (Å²) < 4.78 is 9.98. The van der Waals surface area contributed by atoms with E-state index in [9.17, 15) is 4.79 Å². The summed E-state index contributed by atoms with van der Waals surface area (Å²) in [6.07, 6.45) is 3.10. The van der Waals surface area contributed by atoms with Gasteiger partial charge in [0.25, 0.3) is 0 Å². The van der Waals surface area contributed by atoms with Gasteiger partial charge in [0.2, 0.25) is 11.7 Å². The number of nitrogens with zero attached hydrogens (tertiary/aromatic N) is 2. The second kappa shape index (κ2) is 4.74. The molecule has 0 N–H and O–H groups in total. The van der Waals surface area contributed by atoms with Crippen LogP contribution in [0.1, 0.15) is 23.3 Å². The van der Waals surface area contributed by atoms with Gasteiger partial charge >= 0.3 is 0 Å². The van der Waals surface area contributed by atoms with Crippen LogP contribution in [-0.4, -0.2) is 29.7 Å². The number of carbonyl (C=O) groups excluding carboxylic acids is 1. The highest BCUT2D eigenvalue weighted by molar-refractivity contribution is 6.07. The van der Waals surface area contributed by atoms with Crippen LogP contribution in [0.4, 0.5) is 0 Å². The molecule has 0 unspecified atom stereocenters. The quantitative estimate of drug-likeness (QED) is 0.720. The van der Waals surface area contributed by atoms with E-state index in [2.05, 4.69) is 10.2 Å². The van der Waals surface area contributed by atoms with Crippen molar-refractivity contribution in [3.05, 3.63) is 29.7 Å². The molecule has 0 aliphatic carbocycles. The van der Waals surface area contributed by atoms with Gasteiger partial charge in [-0.1, -0.05) is 0 Å². The Morgan fingerprint density at radius 3 is 2.88 bits per heavy atom. The van der Waals surface area contributed by atoms with Crippen LogP contribution in [0, 0.1) is 0 Å². The van der Waals surface area contributed by atoms with Gasteiger partial charge < -0.3 is 9.47 Å². The number of hydrogen-bond acceptors (Lipinski definition) is 5. The molecule has 2 heterocycles. The fourth-order valence-electron chi connectivity index (χ4n) is 1.45. The maximum absolute atomic E-state index is 11.9. The van der Waals surface area contributed by atoms with Crippen molar-refractivity contribution in [1.82, 2.24) is 10.2 Å². The predicted molar refractivity (Wildman–Crippen MR) is 56.2 cm³/mol. The topological polar surface area (TPSA) is 61.3 Å². The lowest BCUT2D eigenvalue weighted by Crippen LogP contribution is -2.11. The van der Waals surface area contributed by atoms with Crippen molar-refractivity contribution in [3.8, 4) is 5.88 Å². The van der Waals surface area contributed by atoms with Crippen molar-refractivity contribution in [2.45, 2.75) is 12.8 Å². The van der Waals surface area contributed by atoms with Crippen molar-refractivity contribution in [3.63, 3.8) is 0 Å². The smallest absolute Gasteiger partial charge is 0.233 e. The summed E-state index contributed by atoms with van der Waals surface area (Å²) in [5.41, 5.74) is 0.961. The molecule has 0 fully saturated rings. The Bertz CT molecular complexity index is 412. The van der Waals surface area contributed by atoms with Gasteiger partial charge in [0.05, 0.1) is 20.0 Å². The molecule has 5 nitrogen and oxygen atoms in total. The zero-order valence-electron chi connectivity index (χ0n) is 8.97. The highest BCUT2D eigenvalue weighted by atomic mass is 16.5. The van der Waals surface area contributed by atoms with E-state index < -0.39 is 0 Å². The van der Waals surface area contributed by atoms with Gasteiger partial charge in [-0.3, -0.25) is 4.79 Å². The number of ether oxygens (including phenoxy) is 2. The molecule has 0 atom stereocenters. The van der Waals surface area contributed by atoms with E-state index in [1.54, 1.807) is 12.1 Å². The Labute approximate surface area is 93.1 Å². The summed E-state index contributed by atoms with van der Waals surface area (Å²) in [5, 5.41) is 7.56. The zero-order chi connectivity index (χ0) is 11.4. The summed E-state index contributed by atoms with van der Waals surface area (Å²) in [6.45, 7) is 0.672. The molecule has 0 aromatic carbocycles. The normalized spacial score (nSPS) is 14.9. The third-order valence-electron chi connectivity index (χ3n) is 2.31. The second-order valence-corrected chi connectivity index (χ2v) is 3.41. The van der Waals surface area contributed by atoms with Crippen molar-refractivity contribution < 1.29 is 14.3 Å². The Hall–Kier alpha value is -1.91. The fraction of sp³-hybridized carbons (Fsp3) is 0.364. The third kappa shape index (κ3) is 2.18. The number of methoxy groups -OCH3 is 1. The Morgan fingerprint density at radius 1 is 1.44 bits per heavy atom. The Morgan fingerprint density at radius 2 is 2.31 bits per heavy atom. The predicted octanol–water partition coefficient (Wildman–Crippen LogP) is 1.36. The molecule has 0 amide bonds. The minimum Gasteiger partial charge on any atom is -0.501 e. The highest BCUT2D eigenvalue weighted by Gasteiger charge is 2.17. The van der Waals surface area contributed by atoms with Crippen LogP contribution in [0.2, 0.25) is 0 Å². The molecule has 16 heavy (non-hydrogen) atoms. The Kier molecular flexibility index (Phi) is 3.14. The monoisotopic (exact) mass is 220 g/mol. The van der Waals surface area contributed by atoms with Crippen LogP contribution in [0.15, 0.2) is 24.0 Å². The van der Waals surface area contributed by atoms with Crippen LogP contribution in [-0.2, 0) is 4.74 Å². The van der Waals surface area contributed by atoms with Gasteiger partial charge in [0.15, 0.2) is 0 Å². The first-order valence-corrected chi connectivity index (χ1v) is 5.04. The number of rotatable bonds is 3. The molecular formula is C11H12N2O3. The molecule has 1 aromatic heterocycles. The molecule has 1 aromatic rings. The van der Waals surface area contributed by atoms with E-state index in [0.29, 0.717) is 23.8 Å². The molecule has 0 bridgehead atoms. The van der Waals surface area contributed by atoms with E-state index >= 15 is 0 Å². The standard InChI is InChI=1S/C11H12N2O3/c1-15-10-5-4-9(12-13-10)11(14)8-3-2-6-16-7-8/h4-5,7H,2-3,6H2,1H3. The molecule has 0 saturated carbocycles. The molecule has 84 valence electrons. The SMILES string of the molecule is COc1ccc(C(=O)C2=COCCC2)nn1. The van der Waals surface area contributed by atoms with E-state index in [1.807, 2.05) is 0 Å². The number of carbonyl (C=O) groups is 1. The molecule has 0 saturated heterocycles. The third-order valence-corrected chi connectivity index (χ3v) is 2.31. The van der Waals surface area contributed by atoms with Crippen molar-refractivity contribution in [2.75, 3.05) is 13.7 Å². The van der Waals surface area contributed by atoms with Crippen LogP contribution >= 0.6 is 0 Å². The van der Waals surface area contributed by atoms with Gasteiger partial charge in [-0.15, -0.1) is 10.2 Å². The maximum Gasteiger partial charge on any atom is 0.233 e. The fourth-order valence-corrected chi connectivity index (χ4v) is 1.45. The first kappa shape index (κ1) is 10.6. The van der Waals surface area contributed by atoms with Gasteiger partial charge in [0, 0.05) is 11.6 Å². The molecular weight excluding hydrogens is 208 g/mol. The highest BCUT2D eigenvalue weighted by Crippen LogP contribution is 2.16. The number of Topliss-reactive ketones (excluding diaryl/α,β-unsaturated/α-hetero) is 1. The summed E-state index contributed by atoms with van der Waals surface area (Å²) in [5.74, 6) is 0.264. The minimum absolute atomic E-state index is 0.130. The van der Waals surface area contributed by atoms with E-state index in [1.165, 1.54) is 13.4 Å². The van der Waals surface area contributed by atoms with E-state index in [-0.39, 0.29) is 5.78 Å². The summed E-state index contributed by atoms with van der Waals surface area (Å²) in [4.78, 5) is 11.9. The van der Waals surface area contributed by atoms with Gasteiger partial charge in [0.1, 0.15) is 5.69 Å². The maximum atomic E-state index is 11.9. The van der Waals surface area contributed by atoms with Crippen molar-refractivity contribution in [1.29, 1.82) is 0 Å². The molecule has 1 aliphatic rings. The second-order valence-electron chi connectivity index (χ2n) is 3.41. The van der Waals surface area contributed by atoms with E-state index in [4.69, 9.17) is 9.47 Å². The zero-order valence-corrected chi connectivity index (χ0v) is 8.97. The number of allylic oxidation sites excluding steroid dienone is 1. The molecule has 0 radical (unpaired) electrons. The van der Waals surface area contributed by atoms with Crippen LogP contribution in [0.5, 0.6) is 5.88 Å². The number of hydrogen-bond donors (Lipinski definition) is 0. The molecule has 0 spiro atoms. The summed E-state index contributed by atoms with van der Waals surface area (Å²) >= 11 is 0.